The Morgan fingerprint density at radius 1 is 0.258 bits per heavy atom. The Hall–Kier alpha value is -8.32. The van der Waals surface area contributed by atoms with Crippen molar-refractivity contribution in [3.63, 3.8) is 0 Å². The highest BCUT2D eigenvalue weighted by atomic mass is 14.4. The summed E-state index contributed by atoms with van der Waals surface area (Å²) in [6.45, 7) is 2.42. The summed E-state index contributed by atoms with van der Waals surface area (Å²) >= 11 is 0. The van der Waals surface area contributed by atoms with E-state index in [9.17, 15) is 0 Å². The molecular weight excluding hydrogens is 793 g/mol. The zero-order valence-electron chi connectivity index (χ0n) is 36.7. The van der Waals surface area contributed by atoms with Crippen molar-refractivity contribution in [2.75, 3.05) is 0 Å². The van der Waals surface area contributed by atoms with Gasteiger partial charge in [0.05, 0.1) is 0 Å². The molecule has 308 valence electrons. The highest BCUT2D eigenvalue weighted by molar-refractivity contribution is 6.29. The van der Waals surface area contributed by atoms with Gasteiger partial charge in [-0.25, -0.2) is 0 Å². The average molecular weight is 837 g/mol. The van der Waals surface area contributed by atoms with Gasteiger partial charge in [0.2, 0.25) is 0 Å². The molecule has 0 amide bonds. The quantitative estimate of drug-likeness (QED) is 0.116. The lowest BCUT2D eigenvalue weighted by Crippen LogP contribution is -2.22. The zero-order valence-corrected chi connectivity index (χ0v) is 36.7. The minimum Gasteiger partial charge on any atom is -0.0622 e. The number of hydrogen-bond acceptors (Lipinski definition) is 0. The molecule has 12 aromatic rings. The summed E-state index contributed by atoms with van der Waals surface area (Å²) in [6, 6.07) is 92.6. The van der Waals surface area contributed by atoms with Crippen molar-refractivity contribution in [3.8, 4) is 66.8 Å². The highest BCUT2D eigenvalue weighted by Gasteiger charge is 2.41. The highest BCUT2D eigenvalue weighted by Crippen LogP contribution is 2.55. The maximum Gasteiger partial charge on any atom is 0.0435 e. The van der Waals surface area contributed by atoms with E-state index in [1.165, 1.54) is 127 Å². The maximum atomic E-state index is 2.48. The van der Waals surface area contributed by atoms with E-state index in [0.717, 1.165) is 0 Å². The molecule has 0 fully saturated rings. The lowest BCUT2D eigenvalue weighted by molar-refractivity contribution is 0.715. The second-order valence-electron chi connectivity index (χ2n) is 18.0. The fourth-order valence-electron chi connectivity index (χ4n) is 11.4. The lowest BCUT2D eigenvalue weighted by Gasteiger charge is -2.29. The molecule has 0 aliphatic heterocycles. The smallest absolute Gasteiger partial charge is 0.0435 e. The van der Waals surface area contributed by atoms with Crippen LogP contribution in [0.4, 0.5) is 0 Å². The van der Waals surface area contributed by atoms with Gasteiger partial charge in [-0.3, -0.25) is 0 Å². The van der Waals surface area contributed by atoms with E-state index in [-0.39, 0.29) is 5.41 Å². The molecule has 1 aliphatic carbocycles. The first-order valence-corrected chi connectivity index (χ1v) is 23.1. The summed E-state index contributed by atoms with van der Waals surface area (Å²) < 4.78 is 0. The second kappa shape index (κ2) is 15.2. The largest absolute Gasteiger partial charge is 0.0622 e. The third kappa shape index (κ3) is 5.85. The Kier molecular flexibility index (Phi) is 8.76. The van der Waals surface area contributed by atoms with E-state index in [1.54, 1.807) is 0 Å². The molecule has 12 aromatic carbocycles. The van der Waals surface area contributed by atoms with Gasteiger partial charge in [-0.05, 0) is 158 Å². The van der Waals surface area contributed by atoms with Crippen LogP contribution in [0.2, 0.25) is 0 Å². The predicted octanol–water partition coefficient (Wildman–Crippen LogP) is 18.0. The van der Waals surface area contributed by atoms with Gasteiger partial charge in [-0.15, -0.1) is 0 Å². The molecule has 0 nitrogen and oxygen atoms in total. The number of hydrogen-bond donors (Lipinski definition) is 0. The molecule has 0 saturated heterocycles. The van der Waals surface area contributed by atoms with Gasteiger partial charge < -0.3 is 0 Å². The van der Waals surface area contributed by atoms with E-state index >= 15 is 0 Å². The van der Waals surface area contributed by atoms with Gasteiger partial charge in [0.25, 0.3) is 0 Å². The van der Waals surface area contributed by atoms with Gasteiger partial charge >= 0.3 is 0 Å². The SMILES string of the molecule is CC1(c2ccccc2)c2cc(-c3ccc(-c4c5ccccc5c(-c5ccccc5-c5ccccc5)c5c4ccc4ccccc45)c(-c4ccccc4)c3)ccc2-c2cc3ccccc3cc21. The van der Waals surface area contributed by atoms with Crippen LogP contribution in [0.3, 0.4) is 0 Å². The van der Waals surface area contributed by atoms with Gasteiger partial charge in [0.15, 0.2) is 0 Å². The first kappa shape index (κ1) is 38.2. The van der Waals surface area contributed by atoms with Crippen LogP contribution in [0.5, 0.6) is 0 Å². The van der Waals surface area contributed by atoms with Crippen LogP contribution in [-0.4, -0.2) is 0 Å². The van der Waals surface area contributed by atoms with Gasteiger partial charge in [-0.2, -0.15) is 0 Å². The fraction of sp³-hybridized carbons (Fsp3) is 0.0303. The summed E-state index contributed by atoms with van der Waals surface area (Å²) in [5.74, 6) is 0. The first-order chi connectivity index (χ1) is 32.6. The van der Waals surface area contributed by atoms with Crippen molar-refractivity contribution >= 4 is 43.1 Å². The predicted molar refractivity (Wildman–Crippen MR) is 281 cm³/mol. The van der Waals surface area contributed by atoms with Crippen molar-refractivity contribution in [2.24, 2.45) is 0 Å². The Morgan fingerprint density at radius 2 is 0.758 bits per heavy atom. The van der Waals surface area contributed by atoms with E-state index in [0.29, 0.717) is 0 Å². The molecule has 0 heteroatoms. The monoisotopic (exact) mass is 836 g/mol. The summed E-state index contributed by atoms with van der Waals surface area (Å²) in [4.78, 5) is 0. The third-order valence-corrected chi connectivity index (χ3v) is 14.5. The lowest BCUT2D eigenvalue weighted by atomic mass is 9.73. The molecule has 0 spiro atoms. The minimum absolute atomic E-state index is 0.324. The molecular formula is C66H44. The summed E-state index contributed by atoms with van der Waals surface area (Å²) in [5, 5.41) is 10.0. The third-order valence-electron chi connectivity index (χ3n) is 14.5. The number of fused-ring (bicyclic) bond motifs is 8. The summed E-state index contributed by atoms with van der Waals surface area (Å²) in [6.07, 6.45) is 0. The van der Waals surface area contributed by atoms with Crippen LogP contribution in [0, 0.1) is 0 Å². The van der Waals surface area contributed by atoms with Crippen LogP contribution in [0.15, 0.2) is 249 Å². The van der Waals surface area contributed by atoms with Gasteiger partial charge in [-0.1, -0.05) is 224 Å². The van der Waals surface area contributed by atoms with Crippen molar-refractivity contribution in [3.05, 3.63) is 265 Å². The maximum absolute atomic E-state index is 2.48. The van der Waals surface area contributed by atoms with Crippen LogP contribution in [0.25, 0.3) is 110 Å². The Bertz CT molecular complexity index is 3860. The van der Waals surface area contributed by atoms with Crippen LogP contribution in [0.1, 0.15) is 23.6 Å². The van der Waals surface area contributed by atoms with Gasteiger partial charge in [0.1, 0.15) is 0 Å². The Balaban J connectivity index is 1.07. The fourth-order valence-corrected chi connectivity index (χ4v) is 11.4. The molecule has 1 atom stereocenters. The molecule has 13 rings (SSSR count). The van der Waals surface area contributed by atoms with Crippen molar-refractivity contribution < 1.29 is 0 Å². The molecule has 0 bridgehead atoms. The molecule has 0 radical (unpaired) electrons. The number of benzene rings is 12. The molecule has 0 saturated carbocycles. The van der Waals surface area contributed by atoms with E-state index in [2.05, 4.69) is 256 Å². The van der Waals surface area contributed by atoms with Crippen LogP contribution < -0.4 is 0 Å². The average Bonchev–Trinajstić information content (AvgIpc) is 3.64. The summed E-state index contributed by atoms with van der Waals surface area (Å²) in [5.41, 5.74) is 18.6. The normalized spacial score (nSPS) is 14.2. The van der Waals surface area contributed by atoms with Crippen molar-refractivity contribution in [1.82, 2.24) is 0 Å². The van der Waals surface area contributed by atoms with Crippen LogP contribution >= 0.6 is 0 Å². The van der Waals surface area contributed by atoms with Crippen molar-refractivity contribution in [2.45, 2.75) is 12.3 Å². The van der Waals surface area contributed by atoms with E-state index < -0.39 is 0 Å². The minimum atomic E-state index is -0.324. The molecule has 1 unspecified atom stereocenters. The zero-order chi connectivity index (χ0) is 43.8. The van der Waals surface area contributed by atoms with Gasteiger partial charge in [0, 0.05) is 5.41 Å². The molecule has 0 aromatic heterocycles. The molecule has 0 heterocycles. The molecule has 66 heavy (non-hydrogen) atoms. The summed E-state index contributed by atoms with van der Waals surface area (Å²) in [7, 11) is 0. The number of rotatable bonds is 6. The van der Waals surface area contributed by atoms with E-state index in [1.807, 2.05) is 0 Å². The molecule has 0 N–H and O–H groups in total. The molecule has 1 aliphatic rings. The first-order valence-electron chi connectivity index (χ1n) is 23.1. The second-order valence-corrected chi connectivity index (χ2v) is 18.0. The Morgan fingerprint density at radius 3 is 1.47 bits per heavy atom. The van der Waals surface area contributed by atoms with Crippen LogP contribution in [-0.2, 0) is 5.41 Å². The standard InChI is InChI=1S/C66H44/c1-66(50-26-9-4-10-27-50)61-42-49(34-36-53(61)60-40-46-24-11-12-25-47(46)41-62(60)66)48-35-37-57(59(39-48)44-21-7-3-8-22-44)63-55-31-17-18-32-56(55)65(64-52-29-14-13-23-45(52)33-38-58(63)64)54-30-16-15-28-51(54)43-19-5-2-6-20-43/h2-42H,1H3. The topological polar surface area (TPSA) is 0 Å². The Labute approximate surface area is 385 Å². The van der Waals surface area contributed by atoms with E-state index in [4.69, 9.17) is 0 Å². The van der Waals surface area contributed by atoms with Crippen molar-refractivity contribution in [1.29, 1.82) is 0 Å².